The maximum atomic E-state index is 12.3. The van der Waals surface area contributed by atoms with E-state index in [1.807, 2.05) is 6.07 Å². The molecule has 0 spiro atoms. The maximum Gasteiger partial charge on any atom is 0.387 e. The highest BCUT2D eigenvalue weighted by atomic mass is 19.3. The molecule has 2 rings (SSSR count). The summed E-state index contributed by atoms with van der Waals surface area (Å²) < 4.78 is 29.1. The molecule has 20 heavy (non-hydrogen) atoms. The summed E-state index contributed by atoms with van der Waals surface area (Å²) in [5, 5.41) is 0. The first-order valence-corrected chi connectivity index (χ1v) is 7.17. The molecule has 0 bridgehead atoms. The van der Waals surface area contributed by atoms with E-state index in [9.17, 15) is 8.78 Å². The first-order chi connectivity index (χ1) is 9.61. The Hall–Kier alpha value is -1.36. The molecule has 0 atom stereocenters. The molecule has 5 heteroatoms. The highest BCUT2D eigenvalue weighted by Gasteiger charge is 2.23. The van der Waals surface area contributed by atoms with Gasteiger partial charge in [-0.1, -0.05) is 19.1 Å². The van der Waals surface area contributed by atoms with Crippen LogP contribution in [0.1, 0.15) is 37.7 Å². The Kier molecular flexibility index (Phi) is 5.17. The van der Waals surface area contributed by atoms with Crippen LogP contribution in [0, 0.1) is 0 Å². The van der Waals surface area contributed by atoms with E-state index in [0.717, 1.165) is 44.5 Å². The topological polar surface area (TPSA) is 38.5 Å². The summed E-state index contributed by atoms with van der Waals surface area (Å²) in [5.74, 6) is 0.429. The summed E-state index contributed by atoms with van der Waals surface area (Å²) in [5.41, 5.74) is 7.29. The van der Waals surface area contributed by atoms with Crippen molar-refractivity contribution in [2.24, 2.45) is 0 Å². The summed E-state index contributed by atoms with van der Waals surface area (Å²) >= 11 is 0. The van der Waals surface area contributed by atoms with Crippen LogP contribution in [0.25, 0.3) is 0 Å². The molecular weight excluding hydrogens is 262 g/mol. The number of benzene rings is 1. The van der Waals surface area contributed by atoms with Crippen molar-refractivity contribution in [3.63, 3.8) is 0 Å². The number of hydrogen-bond acceptors (Lipinski definition) is 3. The van der Waals surface area contributed by atoms with Crippen molar-refractivity contribution in [3.8, 4) is 5.75 Å². The van der Waals surface area contributed by atoms with Gasteiger partial charge in [0.05, 0.1) is 5.69 Å². The standard InChI is InChI=1S/C15H22F2N2O/c1-2-8-19-9-6-11(7-10-19)12-4-3-5-13(14(12)18)20-15(16)17/h3-5,11,15H,2,6-10,18H2,1H3. The Morgan fingerprint density at radius 1 is 1.35 bits per heavy atom. The molecule has 0 unspecified atom stereocenters. The monoisotopic (exact) mass is 284 g/mol. The molecule has 3 nitrogen and oxygen atoms in total. The van der Waals surface area contributed by atoms with Gasteiger partial charge in [-0.3, -0.25) is 0 Å². The van der Waals surface area contributed by atoms with Crippen LogP contribution in [0.2, 0.25) is 0 Å². The summed E-state index contributed by atoms with van der Waals surface area (Å²) in [4.78, 5) is 2.44. The summed E-state index contributed by atoms with van der Waals surface area (Å²) in [6.45, 7) is 2.54. The number of likely N-dealkylation sites (tertiary alicyclic amines) is 1. The Labute approximate surface area is 118 Å². The highest BCUT2D eigenvalue weighted by Crippen LogP contribution is 2.36. The second-order valence-corrected chi connectivity index (χ2v) is 5.25. The number of para-hydroxylation sites is 1. The molecule has 0 aliphatic carbocycles. The van der Waals surface area contributed by atoms with Crippen LogP contribution in [0.4, 0.5) is 14.5 Å². The van der Waals surface area contributed by atoms with Crippen LogP contribution in [0.15, 0.2) is 18.2 Å². The van der Waals surface area contributed by atoms with Crippen molar-refractivity contribution in [3.05, 3.63) is 23.8 Å². The van der Waals surface area contributed by atoms with E-state index in [1.54, 1.807) is 6.07 Å². The minimum Gasteiger partial charge on any atom is -0.433 e. The smallest absolute Gasteiger partial charge is 0.387 e. The second-order valence-electron chi connectivity index (χ2n) is 5.25. The van der Waals surface area contributed by atoms with E-state index in [4.69, 9.17) is 5.73 Å². The highest BCUT2D eigenvalue weighted by molar-refractivity contribution is 5.59. The lowest BCUT2D eigenvalue weighted by Crippen LogP contribution is -2.33. The molecule has 1 aromatic rings. The van der Waals surface area contributed by atoms with Crippen LogP contribution in [-0.4, -0.2) is 31.1 Å². The molecule has 1 heterocycles. The number of halogens is 2. The fraction of sp³-hybridized carbons (Fsp3) is 0.600. The van der Waals surface area contributed by atoms with Crippen LogP contribution in [-0.2, 0) is 0 Å². The first-order valence-electron chi connectivity index (χ1n) is 7.17. The SMILES string of the molecule is CCCN1CCC(c2cccc(OC(F)F)c2N)CC1. The third-order valence-electron chi connectivity index (χ3n) is 3.88. The summed E-state index contributed by atoms with van der Waals surface area (Å²) in [7, 11) is 0. The zero-order valence-electron chi connectivity index (χ0n) is 11.8. The second kappa shape index (κ2) is 6.88. The Morgan fingerprint density at radius 2 is 2.05 bits per heavy atom. The molecule has 1 aliphatic heterocycles. The number of alkyl halides is 2. The molecule has 0 radical (unpaired) electrons. The molecule has 1 saturated heterocycles. The molecule has 1 aromatic carbocycles. The number of nitrogens with two attached hydrogens (primary N) is 1. The lowest BCUT2D eigenvalue weighted by molar-refractivity contribution is -0.0493. The zero-order valence-corrected chi connectivity index (χ0v) is 11.8. The normalized spacial score (nSPS) is 17.6. The van der Waals surface area contributed by atoms with Gasteiger partial charge in [-0.25, -0.2) is 0 Å². The van der Waals surface area contributed by atoms with Crippen LogP contribution in [0.3, 0.4) is 0 Å². The predicted molar refractivity (Wildman–Crippen MR) is 76.2 cm³/mol. The fourth-order valence-electron chi connectivity index (χ4n) is 2.90. The van der Waals surface area contributed by atoms with Crippen molar-refractivity contribution in [1.29, 1.82) is 0 Å². The van der Waals surface area contributed by atoms with Crippen LogP contribution in [0.5, 0.6) is 5.75 Å². The van der Waals surface area contributed by atoms with E-state index < -0.39 is 6.61 Å². The molecule has 0 saturated carbocycles. The number of rotatable bonds is 5. The third-order valence-corrected chi connectivity index (χ3v) is 3.88. The fourth-order valence-corrected chi connectivity index (χ4v) is 2.90. The minimum absolute atomic E-state index is 0.0912. The van der Waals surface area contributed by atoms with E-state index >= 15 is 0 Å². The quantitative estimate of drug-likeness (QED) is 0.842. The van der Waals surface area contributed by atoms with Crippen molar-refractivity contribution in [2.75, 3.05) is 25.4 Å². The van der Waals surface area contributed by atoms with E-state index in [-0.39, 0.29) is 5.75 Å². The van der Waals surface area contributed by atoms with Gasteiger partial charge in [0.25, 0.3) is 0 Å². The molecule has 0 amide bonds. The predicted octanol–water partition coefficient (Wildman–Crippen LogP) is 3.46. The molecular formula is C15H22F2N2O. The van der Waals surface area contributed by atoms with Gasteiger partial charge in [-0.05, 0) is 56.4 Å². The van der Waals surface area contributed by atoms with Gasteiger partial charge in [-0.2, -0.15) is 8.78 Å². The molecule has 2 N–H and O–H groups in total. The lowest BCUT2D eigenvalue weighted by Gasteiger charge is -2.32. The van der Waals surface area contributed by atoms with Crippen molar-refractivity contribution >= 4 is 5.69 Å². The van der Waals surface area contributed by atoms with Crippen molar-refractivity contribution in [1.82, 2.24) is 4.90 Å². The number of hydrogen-bond donors (Lipinski definition) is 1. The molecule has 112 valence electrons. The average Bonchev–Trinajstić information content (AvgIpc) is 2.42. The number of piperidine rings is 1. The first kappa shape index (κ1) is 15.0. The van der Waals surface area contributed by atoms with Gasteiger partial charge in [0.1, 0.15) is 5.75 Å². The van der Waals surface area contributed by atoms with Crippen LogP contribution >= 0.6 is 0 Å². The van der Waals surface area contributed by atoms with Gasteiger partial charge in [0.15, 0.2) is 0 Å². The van der Waals surface area contributed by atoms with Crippen LogP contribution < -0.4 is 10.5 Å². The van der Waals surface area contributed by atoms with Crippen molar-refractivity contribution < 1.29 is 13.5 Å². The Balaban J connectivity index is 2.06. The number of ether oxygens (including phenoxy) is 1. The molecule has 0 aromatic heterocycles. The number of nitrogens with zero attached hydrogens (tertiary/aromatic N) is 1. The van der Waals surface area contributed by atoms with Gasteiger partial charge < -0.3 is 15.4 Å². The molecule has 1 aliphatic rings. The average molecular weight is 284 g/mol. The van der Waals surface area contributed by atoms with Gasteiger partial charge in [0.2, 0.25) is 0 Å². The van der Waals surface area contributed by atoms with E-state index in [1.165, 1.54) is 6.07 Å². The lowest BCUT2D eigenvalue weighted by atomic mass is 9.88. The maximum absolute atomic E-state index is 12.3. The number of nitrogen functional groups attached to an aromatic ring is 1. The Morgan fingerprint density at radius 3 is 2.65 bits per heavy atom. The Bertz CT molecular complexity index is 432. The third kappa shape index (κ3) is 3.60. The summed E-state index contributed by atoms with van der Waals surface area (Å²) in [6, 6.07) is 5.16. The zero-order chi connectivity index (χ0) is 14.5. The summed E-state index contributed by atoms with van der Waals surface area (Å²) in [6.07, 6.45) is 3.19. The van der Waals surface area contributed by atoms with E-state index in [2.05, 4.69) is 16.6 Å². The molecule has 1 fully saturated rings. The van der Waals surface area contributed by atoms with Gasteiger partial charge >= 0.3 is 6.61 Å². The largest absolute Gasteiger partial charge is 0.433 e. The minimum atomic E-state index is -2.83. The number of anilines is 1. The van der Waals surface area contributed by atoms with Crippen molar-refractivity contribution in [2.45, 2.75) is 38.7 Å². The van der Waals surface area contributed by atoms with Gasteiger partial charge in [-0.15, -0.1) is 0 Å². The van der Waals surface area contributed by atoms with E-state index in [0.29, 0.717) is 11.6 Å². The van der Waals surface area contributed by atoms with Gasteiger partial charge in [0, 0.05) is 0 Å².